The lowest BCUT2D eigenvalue weighted by molar-refractivity contribution is 0.337. The number of benzene rings is 1. The van der Waals surface area contributed by atoms with E-state index in [1.807, 2.05) is 25.1 Å². The summed E-state index contributed by atoms with van der Waals surface area (Å²) in [6.45, 7) is 6.20. The number of hydrogen-bond donors (Lipinski definition) is 1. The predicted molar refractivity (Wildman–Crippen MR) is 85.4 cm³/mol. The number of unbranched alkanes of at least 4 members (excludes halogenated alkanes) is 1. The Morgan fingerprint density at radius 1 is 1.33 bits per heavy atom. The van der Waals surface area contributed by atoms with Crippen LogP contribution in [-0.4, -0.2) is 26.8 Å². The van der Waals surface area contributed by atoms with E-state index in [9.17, 15) is 0 Å². The number of halogens is 1. The number of aromatic nitrogens is 4. The van der Waals surface area contributed by atoms with E-state index in [-0.39, 0.29) is 0 Å². The van der Waals surface area contributed by atoms with Crippen LogP contribution in [0.2, 0.25) is 0 Å². The van der Waals surface area contributed by atoms with Crippen molar-refractivity contribution in [2.75, 3.05) is 11.9 Å². The van der Waals surface area contributed by atoms with Gasteiger partial charge >= 0.3 is 0 Å². The number of nitrogens with one attached hydrogen (secondary N) is 1. The van der Waals surface area contributed by atoms with Crippen LogP contribution in [0.3, 0.4) is 0 Å². The van der Waals surface area contributed by atoms with Crippen molar-refractivity contribution in [2.24, 2.45) is 0 Å². The molecule has 0 saturated carbocycles. The van der Waals surface area contributed by atoms with Crippen LogP contribution in [0.25, 0.3) is 0 Å². The molecule has 0 fully saturated rings. The third kappa shape index (κ3) is 4.42. The second kappa shape index (κ2) is 7.97. The molecule has 0 radical (unpaired) electrons. The Morgan fingerprint density at radius 3 is 2.95 bits per heavy atom. The first-order chi connectivity index (χ1) is 10.2. The van der Waals surface area contributed by atoms with Gasteiger partial charge in [0.15, 0.2) is 0 Å². The van der Waals surface area contributed by atoms with Gasteiger partial charge in [0, 0.05) is 23.1 Å². The molecule has 0 atom stereocenters. The summed E-state index contributed by atoms with van der Waals surface area (Å²) in [5.41, 5.74) is 1.07. The SMILES string of the molecule is CCCCn1nnnc1NCc1cc(Br)ccc1OCC. The van der Waals surface area contributed by atoms with Gasteiger partial charge in [-0.2, -0.15) is 0 Å². The molecule has 6 nitrogen and oxygen atoms in total. The van der Waals surface area contributed by atoms with Crippen LogP contribution in [0.4, 0.5) is 5.95 Å². The highest BCUT2D eigenvalue weighted by molar-refractivity contribution is 9.10. The van der Waals surface area contributed by atoms with Gasteiger partial charge in [-0.15, -0.1) is 0 Å². The van der Waals surface area contributed by atoms with Gasteiger partial charge in [-0.1, -0.05) is 34.4 Å². The molecule has 0 spiro atoms. The van der Waals surface area contributed by atoms with E-state index in [0.717, 1.165) is 35.2 Å². The van der Waals surface area contributed by atoms with Crippen LogP contribution in [0, 0.1) is 0 Å². The fourth-order valence-electron chi connectivity index (χ4n) is 1.95. The normalized spacial score (nSPS) is 10.6. The highest BCUT2D eigenvalue weighted by atomic mass is 79.9. The van der Waals surface area contributed by atoms with Crippen molar-refractivity contribution in [3.8, 4) is 5.75 Å². The van der Waals surface area contributed by atoms with Crippen LogP contribution < -0.4 is 10.1 Å². The molecule has 2 aromatic rings. The minimum Gasteiger partial charge on any atom is -0.494 e. The first-order valence-corrected chi connectivity index (χ1v) is 7.95. The van der Waals surface area contributed by atoms with E-state index in [4.69, 9.17) is 4.74 Å². The van der Waals surface area contributed by atoms with Crippen LogP contribution in [0.15, 0.2) is 22.7 Å². The van der Waals surface area contributed by atoms with Crippen molar-refractivity contribution in [3.63, 3.8) is 0 Å². The lowest BCUT2D eigenvalue weighted by Crippen LogP contribution is -2.10. The van der Waals surface area contributed by atoms with Crippen LogP contribution in [0.5, 0.6) is 5.75 Å². The minimum atomic E-state index is 0.612. The van der Waals surface area contributed by atoms with Crippen molar-refractivity contribution >= 4 is 21.9 Å². The average molecular weight is 354 g/mol. The average Bonchev–Trinajstić information content (AvgIpc) is 2.93. The number of hydrogen-bond acceptors (Lipinski definition) is 5. The molecule has 2 rings (SSSR count). The van der Waals surface area contributed by atoms with Gasteiger partial charge in [0.2, 0.25) is 5.95 Å². The van der Waals surface area contributed by atoms with Crippen molar-refractivity contribution in [3.05, 3.63) is 28.2 Å². The molecule has 1 aromatic carbocycles. The summed E-state index contributed by atoms with van der Waals surface area (Å²) < 4.78 is 8.45. The Bertz CT molecular complexity index is 572. The number of aryl methyl sites for hydroxylation is 1. The zero-order valence-electron chi connectivity index (χ0n) is 12.3. The second-order valence-electron chi connectivity index (χ2n) is 4.62. The minimum absolute atomic E-state index is 0.612. The van der Waals surface area contributed by atoms with E-state index in [0.29, 0.717) is 19.1 Å². The summed E-state index contributed by atoms with van der Waals surface area (Å²) in [5.74, 6) is 1.56. The number of anilines is 1. The molecule has 1 aromatic heterocycles. The Balaban J connectivity index is 2.05. The smallest absolute Gasteiger partial charge is 0.243 e. The van der Waals surface area contributed by atoms with Crippen molar-refractivity contribution in [1.82, 2.24) is 20.2 Å². The molecule has 0 bridgehead atoms. The molecule has 1 heterocycles. The number of rotatable bonds is 8. The van der Waals surface area contributed by atoms with Crippen molar-refractivity contribution in [1.29, 1.82) is 0 Å². The van der Waals surface area contributed by atoms with Gasteiger partial charge < -0.3 is 10.1 Å². The topological polar surface area (TPSA) is 64.9 Å². The zero-order valence-corrected chi connectivity index (χ0v) is 13.9. The fourth-order valence-corrected chi connectivity index (χ4v) is 2.36. The maximum absolute atomic E-state index is 5.64. The monoisotopic (exact) mass is 353 g/mol. The molecule has 0 aliphatic heterocycles. The highest BCUT2D eigenvalue weighted by Crippen LogP contribution is 2.24. The van der Waals surface area contributed by atoms with E-state index in [1.54, 1.807) is 4.68 Å². The van der Waals surface area contributed by atoms with E-state index >= 15 is 0 Å². The van der Waals surface area contributed by atoms with Crippen LogP contribution >= 0.6 is 15.9 Å². The standard InChI is InChI=1S/C14H20BrN5O/c1-3-5-8-20-14(17-18-19-20)16-10-11-9-12(15)6-7-13(11)21-4-2/h6-7,9H,3-5,8,10H2,1-2H3,(H,16,17,19). The Labute approximate surface area is 133 Å². The molecule has 0 aliphatic carbocycles. The van der Waals surface area contributed by atoms with Gasteiger partial charge in [-0.3, -0.25) is 0 Å². The highest BCUT2D eigenvalue weighted by Gasteiger charge is 2.08. The van der Waals surface area contributed by atoms with Gasteiger partial charge in [0.1, 0.15) is 5.75 Å². The molecule has 0 unspecified atom stereocenters. The van der Waals surface area contributed by atoms with Crippen molar-refractivity contribution < 1.29 is 4.74 Å². The van der Waals surface area contributed by atoms with Crippen LogP contribution in [0.1, 0.15) is 32.3 Å². The zero-order chi connectivity index (χ0) is 15.1. The lowest BCUT2D eigenvalue weighted by Gasteiger charge is -2.12. The third-order valence-electron chi connectivity index (χ3n) is 3.01. The second-order valence-corrected chi connectivity index (χ2v) is 5.53. The Hall–Kier alpha value is -1.63. The first kappa shape index (κ1) is 15.8. The number of ether oxygens (including phenoxy) is 1. The molecule has 21 heavy (non-hydrogen) atoms. The molecule has 0 saturated heterocycles. The Morgan fingerprint density at radius 2 is 2.19 bits per heavy atom. The van der Waals surface area contributed by atoms with Gasteiger partial charge in [0.05, 0.1) is 6.61 Å². The molecule has 7 heteroatoms. The van der Waals surface area contributed by atoms with Gasteiger partial charge in [-0.25, -0.2) is 4.68 Å². The maximum atomic E-state index is 5.64. The van der Waals surface area contributed by atoms with E-state index in [1.165, 1.54) is 0 Å². The van der Waals surface area contributed by atoms with Crippen molar-refractivity contribution in [2.45, 2.75) is 39.8 Å². The molecule has 114 valence electrons. The summed E-state index contributed by atoms with van der Waals surface area (Å²) in [7, 11) is 0. The molecular weight excluding hydrogens is 334 g/mol. The largest absolute Gasteiger partial charge is 0.494 e. The van der Waals surface area contributed by atoms with E-state index in [2.05, 4.69) is 43.7 Å². The first-order valence-electron chi connectivity index (χ1n) is 7.15. The quantitative estimate of drug-likeness (QED) is 0.788. The molecule has 0 amide bonds. The lowest BCUT2D eigenvalue weighted by atomic mass is 10.2. The van der Waals surface area contributed by atoms with E-state index < -0.39 is 0 Å². The van der Waals surface area contributed by atoms with Crippen LogP contribution in [-0.2, 0) is 13.1 Å². The third-order valence-corrected chi connectivity index (χ3v) is 3.51. The number of tetrazole rings is 1. The summed E-state index contributed by atoms with van der Waals surface area (Å²) >= 11 is 3.49. The molecular formula is C14H20BrN5O. The summed E-state index contributed by atoms with van der Waals surface area (Å²) in [6, 6.07) is 5.97. The maximum Gasteiger partial charge on any atom is 0.243 e. The summed E-state index contributed by atoms with van der Waals surface area (Å²) in [4.78, 5) is 0. The Kier molecular flexibility index (Phi) is 5.98. The predicted octanol–water partition coefficient (Wildman–Crippen LogP) is 3.25. The summed E-state index contributed by atoms with van der Waals surface area (Å²) in [5, 5.41) is 15.0. The fraction of sp³-hybridized carbons (Fsp3) is 0.500. The molecule has 0 aliphatic rings. The van der Waals surface area contributed by atoms with Gasteiger partial charge in [0.25, 0.3) is 0 Å². The molecule has 1 N–H and O–H groups in total. The number of nitrogens with zero attached hydrogens (tertiary/aromatic N) is 4. The summed E-state index contributed by atoms with van der Waals surface area (Å²) in [6.07, 6.45) is 2.17. The van der Waals surface area contributed by atoms with Gasteiger partial charge in [-0.05, 0) is 42.0 Å².